The van der Waals surface area contributed by atoms with Gasteiger partial charge in [-0.2, -0.15) is 0 Å². The molecule has 0 aromatic carbocycles. The van der Waals surface area contributed by atoms with Gasteiger partial charge in [0.25, 0.3) is 0 Å². The van der Waals surface area contributed by atoms with E-state index in [1.165, 1.54) is 0 Å². The lowest BCUT2D eigenvalue weighted by atomic mass is 9.98. The molecule has 1 rings (SSSR count). The second-order valence-corrected chi connectivity index (χ2v) is 19.4. The third kappa shape index (κ3) is 25.5. The van der Waals surface area contributed by atoms with Crippen molar-refractivity contribution >= 4 is 53.2 Å². The van der Waals surface area contributed by atoms with E-state index < -0.39 is 108 Å². The lowest BCUT2D eigenvalue weighted by molar-refractivity contribution is -0.139. The molecular weight excluding hydrogens is 893 g/mol. The number of unbranched alkanes of at least 4 members (excludes halogenated alkanes) is 4. The van der Waals surface area contributed by atoms with Crippen LogP contribution in [0.5, 0.6) is 0 Å². The molecule has 0 saturated carbocycles. The first-order chi connectivity index (χ1) is 32.7. The van der Waals surface area contributed by atoms with Crippen LogP contribution < -0.4 is 65.5 Å². The lowest BCUT2D eigenvalue weighted by Crippen LogP contribution is -2.61. The van der Waals surface area contributed by atoms with Crippen molar-refractivity contribution in [2.45, 2.75) is 199 Å². The Kier molecular flexibility index (Phi) is 30.9. The van der Waals surface area contributed by atoms with E-state index in [1.807, 2.05) is 41.5 Å². The highest BCUT2D eigenvalue weighted by Gasteiger charge is 2.36. The molecule has 22 nitrogen and oxygen atoms in total. The molecule has 1 aliphatic heterocycles. The highest BCUT2D eigenvalue weighted by atomic mass is 16.4. The van der Waals surface area contributed by atoms with Crippen LogP contribution >= 0.6 is 0 Å². The first-order valence-corrected chi connectivity index (χ1v) is 25.1. The van der Waals surface area contributed by atoms with Crippen molar-refractivity contribution in [3.63, 3.8) is 0 Å². The van der Waals surface area contributed by atoms with Crippen LogP contribution in [0, 0.1) is 17.8 Å². The average molecular weight is 981 g/mol. The summed E-state index contributed by atoms with van der Waals surface area (Å²) in [5.41, 5.74) is 23.1. The monoisotopic (exact) mass is 981 g/mol. The van der Waals surface area contributed by atoms with Gasteiger partial charge in [0.15, 0.2) is 0 Å². The van der Waals surface area contributed by atoms with E-state index in [0.29, 0.717) is 71.0 Å². The molecule has 22 heteroatoms. The molecule has 69 heavy (non-hydrogen) atoms. The normalized spacial score (nSPS) is 24.4. The molecule has 0 unspecified atom stereocenters. The van der Waals surface area contributed by atoms with E-state index >= 15 is 0 Å². The highest BCUT2D eigenvalue weighted by Crippen LogP contribution is 2.15. The predicted molar refractivity (Wildman–Crippen MR) is 262 cm³/mol. The molecule has 8 amide bonds. The van der Waals surface area contributed by atoms with Gasteiger partial charge < -0.3 is 70.6 Å². The van der Waals surface area contributed by atoms with Gasteiger partial charge in [0, 0.05) is 6.42 Å². The van der Waals surface area contributed by atoms with Gasteiger partial charge in [-0.3, -0.25) is 43.2 Å². The fourth-order valence-corrected chi connectivity index (χ4v) is 7.87. The molecule has 8 atom stereocenters. The predicted octanol–water partition coefficient (Wildman–Crippen LogP) is -0.603. The van der Waals surface area contributed by atoms with Crippen molar-refractivity contribution in [3.05, 3.63) is 0 Å². The molecule has 17 N–H and O–H groups in total. The summed E-state index contributed by atoms with van der Waals surface area (Å²) in [6.45, 7) is 12.2. The Hall–Kier alpha value is -4.93. The van der Waals surface area contributed by atoms with Crippen LogP contribution in [0.25, 0.3) is 0 Å². The third-order valence-corrected chi connectivity index (χ3v) is 11.6. The van der Waals surface area contributed by atoms with Crippen molar-refractivity contribution in [1.29, 1.82) is 0 Å². The smallest absolute Gasteiger partial charge is 0.303 e. The number of nitrogens with two attached hydrogens (primary N) is 4. The molecule has 0 radical (unpaired) electrons. The number of aliphatic carboxylic acids is 1. The zero-order valence-corrected chi connectivity index (χ0v) is 42.1. The lowest BCUT2D eigenvalue weighted by Gasteiger charge is -2.30. The molecular formula is C47H88N12O10. The van der Waals surface area contributed by atoms with Crippen LogP contribution in [0.3, 0.4) is 0 Å². The van der Waals surface area contributed by atoms with E-state index in [4.69, 9.17) is 22.9 Å². The molecule has 1 heterocycles. The summed E-state index contributed by atoms with van der Waals surface area (Å²) in [6, 6.07) is -9.98. The summed E-state index contributed by atoms with van der Waals surface area (Å²) >= 11 is 0. The Morgan fingerprint density at radius 1 is 0.362 bits per heavy atom. The average Bonchev–Trinajstić information content (AvgIpc) is 3.27. The number of carbonyl (C=O) groups is 9. The van der Waals surface area contributed by atoms with Crippen LogP contribution in [-0.4, -0.2) is 133 Å². The van der Waals surface area contributed by atoms with Gasteiger partial charge in [0.1, 0.15) is 48.3 Å². The molecule has 0 aliphatic carbocycles. The number of amides is 8. The summed E-state index contributed by atoms with van der Waals surface area (Å²) in [4.78, 5) is 125. The summed E-state index contributed by atoms with van der Waals surface area (Å²) < 4.78 is 0. The minimum atomic E-state index is -1.49. The standard InChI is InChI=1S/C47H88N12O10/c1-28(2)25-36-45(67)55-34(18-10-14-24-51)42(64)53-32(16-8-12-22-49)40(62)52-31(15-7-11-21-48)41(63)54-33(17-9-13-23-50)43(65)56-35(19-20-39(60)61)44(66)57-37(26-29(3)4)46(68)59-38(27-30(5)6)47(69)58-36/h28-38H,7-27,48-51H2,1-6H3,(H,52,62)(H,53,64)(H,54,63)(H,55,67)(H,56,65)(H,57,66)(H,58,69)(H,59,68)(H,60,61)/t31-,32+,33+,34-,35-,36+,37+,38-/m0/s1. The number of rotatable bonds is 25. The van der Waals surface area contributed by atoms with Gasteiger partial charge in [0.05, 0.1) is 0 Å². The first kappa shape index (κ1) is 62.1. The van der Waals surface area contributed by atoms with Gasteiger partial charge in [-0.15, -0.1) is 0 Å². The Balaban J connectivity index is 4.09. The Morgan fingerprint density at radius 3 is 0.739 bits per heavy atom. The van der Waals surface area contributed by atoms with Crippen LogP contribution in [0.1, 0.15) is 151 Å². The summed E-state index contributed by atoms with van der Waals surface area (Å²) in [7, 11) is 0. The van der Waals surface area contributed by atoms with Gasteiger partial charge in [-0.05, 0) is 147 Å². The fourth-order valence-electron chi connectivity index (χ4n) is 7.87. The Labute approximate surface area is 409 Å². The molecule has 0 aromatic rings. The quantitative estimate of drug-likeness (QED) is 0.0509. The fraction of sp³-hybridized carbons (Fsp3) is 0.809. The number of hydrogen-bond donors (Lipinski definition) is 13. The highest BCUT2D eigenvalue weighted by molar-refractivity contribution is 5.99. The molecule has 0 bridgehead atoms. The number of carboxylic acids is 1. The van der Waals surface area contributed by atoms with Crippen molar-refractivity contribution < 1.29 is 48.3 Å². The Morgan fingerprint density at radius 2 is 0.551 bits per heavy atom. The van der Waals surface area contributed by atoms with Crippen molar-refractivity contribution in [2.75, 3.05) is 26.2 Å². The van der Waals surface area contributed by atoms with Crippen molar-refractivity contribution in [2.24, 2.45) is 40.7 Å². The molecule has 1 aliphatic rings. The van der Waals surface area contributed by atoms with Crippen LogP contribution in [0.15, 0.2) is 0 Å². The molecule has 1 fully saturated rings. The number of nitrogens with one attached hydrogen (secondary N) is 8. The third-order valence-electron chi connectivity index (χ3n) is 11.6. The Bertz CT molecular complexity index is 1630. The summed E-state index contributed by atoms with van der Waals surface area (Å²) in [6.07, 6.45) is 3.45. The molecule has 396 valence electrons. The van der Waals surface area contributed by atoms with Crippen LogP contribution in [-0.2, 0) is 43.2 Å². The summed E-state index contributed by atoms with van der Waals surface area (Å²) in [5.74, 6) is -7.59. The molecule has 0 aromatic heterocycles. The largest absolute Gasteiger partial charge is 0.481 e. The van der Waals surface area contributed by atoms with Gasteiger partial charge in [0.2, 0.25) is 47.3 Å². The second kappa shape index (κ2) is 34.4. The van der Waals surface area contributed by atoms with E-state index in [0.717, 1.165) is 0 Å². The molecule has 1 saturated heterocycles. The van der Waals surface area contributed by atoms with E-state index in [-0.39, 0.29) is 75.7 Å². The van der Waals surface area contributed by atoms with Gasteiger partial charge >= 0.3 is 5.97 Å². The van der Waals surface area contributed by atoms with E-state index in [1.54, 1.807) is 0 Å². The first-order valence-electron chi connectivity index (χ1n) is 25.1. The zero-order valence-electron chi connectivity index (χ0n) is 42.1. The topological polar surface area (TPSA) is 374 Å². The van der Waals surface area contributed by atoms with Crippen LogP contribution in [0.4, 0.5) is 0 Å². The summed E-state index contributed by atoms with van der Waals surface area (Å²) in [5, 5.41) is 31.5. The number of hydrogen-bond acceptors (Lipinski definition) is 13. The van der Waals surface area contributed by atoms with Crippen LogP contribution in [0.2, 0.25) is 0 Å². The maximum absolute atomic E-state index is 14.2. The second-order valence-electron chi connectivity index (χ2n) is 19.4. The van der Waals surface area contributed by atoms with Gasteiger partial charge in [-0.25, -0.2) is 0 Å². The number of carboxylic acid groups (broad SMARTS) is 1. The van der Waals surface area contributed by atoms with Crippen molar-refractivity contribution in [1.82, 2.24) is 42.5 Å². The molecule has 0 spiro atoms. The van der Waals surface area contributed by atoms with E-state index in [9.17, 15) is 48.3 Å². The van der Waals surface area contributed by atoms with Crippen molar-refractivity contribution in [3.8, 4) is 0 Å². The maximum Gasteiger partial charge on any atom is 0.303 e. The van der Waals surface area contributed by atoms with Gasteiger partial charge in [-0.1, -0.05) is 41.5 Å². The number of carbonyl (C=O) groups excluding carboxylic acids is 8. The van der Waals surface area contributed by atoms with E-state index in [2.05, 4.69) is 42.5 Å². The maximum atomic E-state index is 14.2. The minimum absolute atomic E-state index is 0.0518. The SMILES string of the molecule is CC(C)C[C@@H]1NC(=O)[C@@H](CC(C)C)NC(=O)[C@H](CCC(=O)O)NC(=O)[C@@H](CCCCN)NC(=O)[C@H](CCCCN)NC(=O)[C@@H](CCCCN)NC(=O)[C@H](CCCCN)NC(=O)[C@@H](CC(C)C)NC1=O. The minimum Gasteiger partial charge on any atom is -0.481 e. The zero-order chi connectivity index (χ0) is 52.1.